The summed E-state index contributed by atoms with van der Waals surface area (Å²) >= 11 is 0. The zero-order valence-electron chi connectivity index (χ0n) is 21.4. The van der Waals surface area contributed by atoms with Gasteiger partial charge in [0.2, 0.25) is 11.8 Å². The number of esters is 2. The van der Waals surface area contributed by atoms with Crippen molar-refractivity contribution >= 4 is 23.8 Å². The third-order valence-corrected chi connectivity index (χ3v) is 6.04. The molecule has 8 nitrogen and oxygen atoms in total. The Labute approximate surface area is 212 Å². The Kier molecular flexibility index (Phi) is 11.6. The topological polar surface area (TPSA) is 111 Å². The van der Waals surface area contributed by atoms with Crippen LogP contribution in [0.5, 0.6) is 0 Å². The van der Waals surface area contributed by atoms with Crippen LogP contribution < -0.4 is 10.6 Å². The molecule has 0 heterocycles. The summed E-state index contributed by atoms with van der Waals surface area (Å²) in [6, 6.07) is 16.7. The number of amides is 2. The van der Waals surface area contributed by atoms with E-state index < -0.39 is 41.8 Å². The quantitative estimate of drug-likeness (QED) is 0.412. The van der Waals surface area contributed by atoms with Crippen molar-refractivity contribution in [1.82, 2.24) is 10.6 Å². The third-order valence-electron chi connectivity index (χ3n) is 6.04. The van der Waals surface area contributed by atoms with Crippen molar-refractivity contribution < 1.29 is 28.7 Å². The van der Waals surface area contributed by atoms with E-state index in [9.17, 15) is 19.2 Å². The zero-order valence-corrected chi connectivity index (χ0v) is 21.4. The highest BCUT2D eigenvalue weighted by atomic mass is 16.5. The van der Waals surface area contributed by atoms with E-state index in [1.54, 1.807) is 6.92 Å². The fraction of sp³-hybridized carbons (Fsp3) is 0.429. The summed E-state index contributed by atoms with van der Waals surface area (Å²) in [6.07, 6.45) is 0.754. The van der Waals surface area contributed by atoms with Crippen molar-refractivity contribution in [3.63, 3.8) is 0 Å². The van der Waals surface area contributed by atoms with Crippen LogP contribution >= 0.6 is 0 Å². The van der Waals surface area contributed by atoms with Gasteiger partial charge in [0.25, 0.3) is 0 Å². The highest BCUT2D eigenvalue weighted by Crippen LogP contribution is 2.13. The number of ether oxygens (including phenoxy) is 2. The minimum absolute atomic E-state index is 0.119. The van der Waals surface area contributed by atoms with E-state index in [1.165, 1.54) is 7.11 Å². The molecule has 0 saturated heterocycles. The Morgan fingerprint density at radius 2 is 1.42 bits per heavy atom. The van der Waals surface area contributed by atoms with Gasteiger partial charge in [-0.05, 0) is 17.0 Å². The first-order valence-electron chi connectivity index (χ1n) is 12.2. The number of carbonyl (C=O) groups excluding carboxylic acids is 4. The Morgan fingerprint density at radius 3 is 1.97 bits per heavy atom. The molecule has 0 aliphatic rings. The number of methoxy groups -OCH3 is 1. The van der Waals surface area contributed by atoms with Gasteiger partial charge in [-0.25, -0.2) is 4.79 Å². The Balaban J connectivity index is 1.99. The number of nitrogens with one attached hydrogen (secondary N) is 2. The predicted octanol–water partition coefficient (Wildman–Crippen LogP) is 3.19. The van der Waals surface area contributed by atoms with Crippen LogP contribution in [0.15, 0.2) is 60.7 Å². The van der Waals surface area contributed by atoms with Gasteiger partial charge in [0.1, 0.15) is 18.7 Å². The maximum absolute atomic E-state index is 13.2. The van der Waals surface area contributed by atoms with Gasteiger partial charge in [0.05, 0.1) is 13.5 Å². The molecule has 0 fully saturated rings. The fourth-order valence-corrected chi connectivity index (χ4v) is 3.58. The smallest absolute Gasteiger partial charge is 0.328 e. The molecule has 194 valence electrons. The van der Waals surface area contributed by atoms with Crippen LogP contribution in [0.4, 0.5) is 0 Å². The Bertz CT molecular complexity index is 996. The molecule has 2 aromatic carbocycles. The van der Waals surface area contributed by atoms with Crippen LogP contribution in [-0.4, -0.2) is 42.9 Å². The Morgan fingerprint density at radius 1 is 0.833 bits per heavy atom. The largest absolute Gasteiger partial charge is 0.467 e. The van der Waals surface area contributed by atoms with Gasteiger partial charge in [-0.15, -0.1) is 0 Å². The summed E-state index contributed by atoms with van der Waals surface area (Å²) in [5.74, 6) is -2.90. The number of carbonyl (C=O) groups is 4. The molecule has 4 unspecified atom stereocenters. The summed E-state index contributed by atoms with van der Waals surface area (Å²) in [6.45, 7) is 5.48. The second kappa shape index (κ2) is 14.7. The number of benzene rings is 2. The lowest BCUT2D eigenvalue weighted by atomic mass is 9.96. The first-order valence-corrected chi connectivity index (χ1v) is 12.2. The molecule has 0 aliphatic carbocycles. The SMILES string of the molecule is CCC(C)C(NC(=O)C(C)CC(=O)OCc1ccccc1)C(=O)NC(Cc1ccccc1)C(=O)OC. The second-order valence-electron chi connectivity index (χ2n) is 8.90. The van der Waals surface area contributed by atoms with Crippen LogP contribution in [0.1, 0.15) is 44.7 Å². The standard InChI is InChI=1S/C28H36N2O6/c1-5-19(2)25(27(33)29-23(28(34)35-4)17-21-12-8-6-9-13-21)30-26(32)20(3)16-24(31)36-18-22-14-10-7-11-15-22/h6-15,19-20,23,25H,5,16-18H2,1-4H3,(H,29,33)(H,30,32). The van der Waals surface area contributed by atoms with Crippen molar-refractivity contribution in [2.24, 2.45) is 11.8 Å². The molecule has 2 rings (SSSR count). The second-order valence-corrected chi connectivity index (χ2v) is 8.90. The molecule has 4 atom stereocenters. The predicted molar refractivity (Wildman–Crippen MR) is 135 cm³/mol. The van der Waals surface area contributed by atoms with Crippen molar-refractivity contribution in [2.45, 2.75) is 58.7 Å². The monoisotopic (exact) mass is 496 g/mol. The van der Waals surface area contributed by atoms with Crippen molar-refractivity contribution in [3.05, 3.63) is 71.8 Å². The summed E-state index contributed by atoms with van der Waals surface area (Å²) in [4.78, 5) is 50.6. The van der Waals surface area contributed by atoms with Crippen molar-refractivity contribution in [2.75, 3.05) is 7.11 Å². The van der Waals surface area contributed by atoms with E-state index in [4.69, 9.17) is 9.47 Å². The van der Waals surface area contributed by atoms with Gasteiger partial charge in [-0.1, -0.05) is 87.9 Å². The first kappa shape index (κ1) is 28.6. The lowest BCUT2D eigenvalue weighted by molar-refractivity contribution is -0.148. The highest BCUT2D eigenvalue weighted by molar-refractivity contribution is 5.92. The molecular formula is C28H36N2O6. The van der Waals surface area contributed by atoms with Crippen LogP contribution in [0, 0.1) is 11.8 Å². The van der Waals surface area contributed by atoms with Gasteiger partial charge < -0.3 is 20.1 Å². The van der Waals surface area contributed by atoms with Crippen molar-refractivity contribution in [3.8, 4) is 0 Å². The summed E-state index contributed by atoms with van der Waals surface area (Å²) in [7, 11) is 1.26. The van der Waals surface area contributed by atoms with E-state index in [0.29, 0.717) is 6.42 Å². The molecule has 0 bridgehead atoms. The van der Waals surface area contributed by atoms with E-state index in [-0.39, 0.29) is 25.4 Å². The molecule has 8 heteroatoms. The lowest BCUT2D eigenvalue weighted by Gasteiger charge is -2.27. The molecule has 0 radical (unpaired) electrons. The molecular weight excluding hydrogens is 460 g/mol. The van der Waals surface area contributed by atoms with Gasteiger partial charge in [-0.2, -0.15) is 0 Å². The maximum atomic E-state index is 13.2. The molecule has 2 N–H and O–H groups in total. The summed E-state index contributed by atoms with van der Waals surface area (Å²) in [5, 5.41) is 5.50. The number of rotatable bonds is 13. The number of hydrogen-bond acceptors (Lipinski definition) is 6. The van der Waals surface area contributed by atoms with E-state index in [2.05, 4.69) is 10.6 Å². The van der Waals surface area contributed by atoms with Crippen LogP contribution in [0.3, 0.4) is 0 Å². The molecule has 0 spiro atoms. The van der Waals surface area contributed by atoms with Gasteiger partial charge in [-0.3, -0.25) is 14.4 Å². The average molecular weight is 497 g/mol. The normalized spacial score (nSPS) is 14.0. The number of hydrogen-bond donors (Lipinski definition) is 2. The molecule has 2 amide bonds. The van der Waals surface area contributed by atoms with Gasteiger partial charge in [0, 0.05) is 12.3 Å². The van der Waals surface area contributed by atoms with Crippen LogP contribution in [-0.2, 0) is 41.7 Å². The molecule has 0 aliphatic heterocycles. The molecule has 0 aromatic heterocycles. The van der Waals surface area contributed by atoms with E-state index >= 15 is 0 Å². The maximum Gasteiger partial charge on any atom is 0.328 e. The van der Waals surface area contributed by atoms with Crippen LogP contribution in [0.25, 0.3) is 0 Å². The molecule has 2 aromatic rings. The average Bonchev–Trinajstić information content (AvgIpc) is 2.90. The summed E-state index contributed by atoms with van der Waals surface area (Å²) < 4.78 is 10.1. The Hall–Kier alpha value is -3.68. The van der Waals surface area contributed by atoms with Crippen molar-refractivity contribution in [1.29, 1.82) is 0 Å². The summed E-state index contributed by atoms with van der Waals surface area (Å²) in [5.41, 5.74) is 1.71. The van der Waals surface area contributed by atoms with Gasteiger partial charge in [0.15, 0.2) is 0 Å². The van der Waals surface area contributed by atoms with Gasteiger partial charge >= 0.3 is 11.9 Å². The van der Waals surface area contributed by atoms with E-state index in [1.807, 2.05) is 74.5 Å². The zero-order chi connectivity index (χ0) is 26.5. The fourth-order valence-electron chi connectivity index (χ4n) is 3.58. The van der Waals surface area contributed by atoms with Crippen LogP contribution in [0.2, 0.25) is 0 Å². The minimum Gasteiger partial charge on any atom is -0.467 e. The first-order chi connectivity index (χ1) is 17.2. The highest BCUT2D eigenvalue weighted by Gasteiger charge is 2.32. The molecule has 0 saturated carbocycles. The minimum atomic E-state index is -0.904. The van der Waals surface area contributed by atoms with E-state index in [0.717, 1.165) is 11.1 Å². The molecule has 36 heavy (non-hydrogen) atoms. The lowest BCUT2D eigenvalue weighted by Crippen LogP contribution is -2.55. The third kappa shape index (κ3) is 9.17.